The molecule has 1 aromatic rings. The van der Waals surface area contributed by atoms with Gasteiger partial charge in [-0.25, -0.2) is 9.98 Å². The lowest BCUT2D eigenvalue weighted by atomic mass is 10.1. The fourth-order valence-corrected chi connectivity index (χ4v) is 1.84. The third-order valence-electron chi connectivity index (χ3n) is 2.97. The Labute approximate surface area is 113 Å². The van der Waals surface area contributed by atoms with Gasteiger partial charge in [-0.3, -0.25) is 0 Å². The molecule has 0 amide bonds. The van der Waals surface area contributed by atoms with Crippen LogP contribution in [-0.2, 0) is 7.05 Å². The Morgan fingerprint density at radius 3 is 2.89 bits per heavy atom. The molecule has 0 radical (unpaired) electrons. The van der Waals surface area contributed by atoms with Crippen LogP contribution in [0.25, 0.3) is 5.57 Å². The highest BCUT2D eigenvalue weighted by molar-refractivity contribution is 5.83. The molecule has 0 aromatic carbocycles. The number of hydrogen-bond donors (Lipinski definition) is 1. The molecule has 2 heterocycles. The minimum Gasteiger partial charge on any atom is -0.373 e. The maximum Gasteiger partial charge on any atom is 0.121 e. The molecule has 98 valence electrons. The van der Waals surface area contributed by atoms with Gasteiger partial charge in [0.15, 0.2) is 0 Å². The van der Waals surface area contributed by atoms with Gasteiger partial charge in [-0.1, -0.05) is 24.8 Å². The zero-order valence-corrected chi connectivity index (χ0v) is 11.3. The molecule has 1 aliphatic rings. The van der Waals surface area contributed by atoms with Crippen molar-refractivity contribution in [2.75, 3.05) is 7.05 Å². The summed E-state index contributed by atoms with van der Waals surface area (Å²) in [5, 5.41) is 3.02. The number of imidazole rings is 1. The van der Waals surface area contributed by atoms with E-state index in [4.69, 9.17) is 0 Å². The third kappa shape index (κ3) is 3.10. The SMILES string of the molecule is C=C/C(=C\C=C1\C=NC(NC)=CC1)c1cncn1C. The lowest BCUT2D eigenvalue weighted by molar-refractivity contribution is 0.898. The smallest absolute Gasteiger partial charge is 0.121 e. The molecule has 2 rings (SSSR count). The number of allylic oxidation sites excluding steroid dienone is 6. The number of nitrogens with one attached hydrogen (secondary N) is 1. The van der Waals surface area contributed by atoms with Gasteiger partial charge in [0.2, 0.25) is 0 Å². The maximum atomic E-state index is 4.30. The Hall–Kier alpha value is -2.36. The van der Waals surface area contributed by atoms with Crippen LogP contribution in [0.4, 0.5) is 0 Å². The summed E-state index contributed by atoms with van der Waals surface area (Å²) in [6.07, 6.45) is 14.4. The maximum absolute atomic E-state index is 4.30. The highest BCUT2D eigenvalue weighted by Crippen LogP contribution is 2.16. The van der Waals surface area contributed by atoms with Crippen molar-refractivity contribution in [2.24, 2.45) is 12.0 Å². The van der Waals surface area contributed by atoms with Gasteiger partial charge in [-0.05, 0) is 23.6 Å². The monoisotopic (exact) mass is 254 g/mol. The van der Waals surface area contributed by atoms with Crippen LogP contribution in [0.2, 0.25) is 0 Å². The van der Waals surface area contributed by atoms with E-state index in [0.717, 1.165) is 23.5 Å². The van der Waals surface area contributed by atoms with Crippen molar-refractivity contribution in [3.8, 4) is 0 Å². The minimum absolute atomic E-state index is 0.881. The van der Waals surface area contributed by atoms with Crippen molar-refractivity contribution in [1.82, 2.24) is 14.9 Å². The summed E-state index contributed by atoms with van der Waals surface area (Å²) in [6, 6.07) is 0. The molecular formula is C15H18N4. The van der Waals surface area contributed by atoms with E-state index in [1.807, 2.05) is 43.2 Å². The van der Waals surface area contributed by atoms with Crippen LogP contribution in [0.1, 0.15) is 12.1 Å². The molecular weight excluding hydrogens is 236 g/mol. The van der Waals surface area contributed by atoms with E-state index in [1.165, 1.54) is 5.57 Å². The van der Waals surface area contributed by atoms with E-state index < -0.39 is 0 Å². The van der Waals surface area contributed by atoms with Gasteiger partial charge in [-0.15, -0.1) is 0 Å². The second-order valence-corrected chi connectivity index (χ2v) is 4.26. The van der Waals surface area contributed by atoms with Crippen LogP contribution in [0.15, 0.2) is 59.8 Å². The van der Waals surface area contributed by atoms with Gasteiger partial charge in [0.1, 0.15) is 5.82 Å². The molecule has 0 spiro atoms. The molecule has 4 heteroatoms. The number of hydrogen-bond acceptors (Lipinski definition) is 3. The van der Waals surface area contributed by atoms with Gasteiger partial charge in [-0.2, -0.15) is 0 Å². The van der Waals surface area contributed by atoms with E-state index in [1.54, 1.807) is 6.33 Å². The zero-order valence-electron chi connectivity index (χ0n) is 11.3. The van der Waals surface area contributed by atoms with E-state index >= 15 is 0 Å². The minimum atomic E-state index is 0.881. The van der Waals surface area contributed by atoms with E-state index in [9.17, 15) is 0 Å². The fourth-order valence-electron chi connectivity index (χ4n) is 1.84. The molecule has 0 atom stereocenters. The van der Waals surface area contributed by atoms with Crippen molar-refractivity contribution in [3.63, 3.8) is 0 Å². The number of aromatic nitrogens is 2. The van der Waals surface area contributed by atoms with Crippen molar-refractivity contribution >= 4 is 11.8 Å². The fraction of sp³-hybridized carbons (Fsp3) is 0.200. The normalized spacial score (nSPS) is 17.5. The van der Waals surface area contributed by atoms with E-state index in [0.29, 0.717) is 0 Å². The van der Waals surface area contributed by atoms with Crippen LogP contribution in [0, 0.1) is 0 Å². The molecule has 0 saturated heterocycles. The van der Waals surface area contributed by atoms with Crippen LogP contribution in [-0.4, -0.2) is 22.8 Å². The average molecular weight is 254 g/mol. The van der Waals surface area contributed by atoms with Crippen molar-refractivity contribution in [3.05, 3.63) is 60.5 Å². The van der Waals surface area contributed by atoms with Crippen molar-refractivity contribution < 1.29 is 0 Å². The predicted molar refractivity (Wildman–Crippen MR) is 79.7 cm³/mol. The van der Waals surface area contributed by atoms with Crippen molar-refractivity contribution in [1.29, 1.82) is 0 Å². The Kier molecular flexibility index (Phi) is 4.13. The van der Waals surface area contributed by atoms with Crippen LogP contribution in [0.3, 0.4) is 0 Å². The Morgan fingerprint density at radius 2 is 2.37 bits per heavy atom. The number of rotatable bonds is 4. The second-order valence-electron chi connectivity index (χ2n) is 4.26. The van der Waals surface area contributed by atoms with Gasteiger partial charge >= 0.3 is 0 Å². The predicted octanol–water partition coefficient (Wildman–Crippen LogP) is 2.45. The molecule has 1 N–H and O–H groups in total. The molecule has 0 fully saturated rings. The number of nitrogens with zero attached hydrogens (tertiary/aromatic N) is 3. The number of aliphatic imine (C=N–C) groups is 1. The second kappa shape index (κ2) is 6.00. The molecule has 0 unspecified atom stereocenters. The first kappa shape index (κ1) is 13.1. The highest BCUT2D eigenvalue weighted by Gasteiger charge is 2.02. The van der Waals surface area contributed by atoms with Crippen LogP contribution < -0.4 is 5.32 Å². The molecule has 4 nitrogen and oxygen atoms in total. The van der Waals surface area contributed by atoms with Gasteiger partial charge in [0.25, 0.3) is 0 Å². The van der Waals surface area contributed by atoms with Crippen molar-refractivity contribution in [2.45, 2.75) is 6.42 Å². The van der Waals surface area contributed by atoms with Crippen LogP contribution >= 0.6 is 0 Å². The Morgan fingerprint density at radius 1 is 1.53 bits per heavy atom. The van der Waals surface area contributed by atoms with Gasteiger partial charge < -0.3 is 9.88 Å². The Bertz CT molecular complexity index is 585. The lowest BCUT2D eigenvalue weighted by Crippen LogP contribution is -2.06. The summed E-state index contributed by atoms with van der Waals surface area (Å²) < 4.78 is 1.97. The molecule has 0 saturated carbocycles. The summed E-state index contributed by atoms with van der Waals surface area (Å²) in [7, 11) is 3.84. The summed E-state index contributed by atoms with van der Waals surface area (Å²) >= 11 is 0. The summed E-state index contributed by atoms with van der Waals surface area (Å²) in [4.78, 5) is 8.41. The molecule has 1 aromatic heterocycles. The zero-order chi connectivity index (χ0) is 13.7. The lowest BCUT2D eigenvalue weighted by Gasteiger charge is -2.07. The molecule has 19 heavy (non-hydrogen) atoms. The van der Waals surface area contributed by atoms with E-state index in [2.05, 4.69) is 34.0 Å². The Balaban J connectivity index is 2.18. The summed E-state index contributed by atoms with van der Waals surface area (Å²) in [5.74, 6) is 0.914. The third-order valence-corrected chi connectivity index (χ3v) is 2.97. The first-order valence-electron chi connectivity index (χ1n) is 6.16. The summed E-state index contributed by atoms with van der Waals surface area (Å²) in [5.41, 5.74) is 3.26. The van der Waals surface area contributed by atoms with Crippen LogP contribution in [0.5, 0.6) is 0 Å². The first-order chi connectivity index (χ1) is 9.24. The quantitative estimate of drug-likeness (QED) is 0.839. The van der Waals surface area contributed by atoms with Gasteiger partial charge in [0, 0.05) is 20.3 Å². The highest BCUT2D eigenvalue weighted by atomic mass is 15.0. The largest absolute Gasteiger partial charge is 0.373 e. The molecule has 0 bridgehead atoms. The molecule has 0 aliphatic carbocycles. The van der Waals surface area contributed by atoms with Gasteiger partial charge in [0.05, 0.1) is 18.2 Å². The average Bonchev–Trinajstić information content (AvgIpc) is 2.87. The topological polar surface area (TPSA) is 42.2 Å². The first-order valence-corrected chi connectivity index (χ1v) is 6.16. The standard InChI is InChI=1S/C15H18N4/c1-4-13(14-10-17-11-19(14)3)7-5-12-6-8-15(16-2)18-9-12/h4-5,7-11,16H,1,6H2,2-3H3/b12-5+,13-7+. The summed E-state index contributed by atoms with van der Waals surface area (Å²) in [6.45, 7) is 3.85. The molecule has 1 aliphatic heterocycles. The number of aryl methyl sites for hydroxylation is 1. The van der Waals surface area contributed by atoms with E-state index in [-0.39, 0.29) is 0 Å².